The molecule has 19 heteroatoms. The van der Waals surface area contributed by atoms with Gasteiger partial charge in [0.2, 0.25) is 0 Å². The van der Waals surface area contributed by atoms with Crippen LogP contribution in [0.25, 0.3) is 0 Å². The standard InChI is InChI=1S/C22H54N3O12P3Si/c1-10-32-38(26,33-11-2)23-17-19-25(40(28,36-14-5)37-15-6)21-20-24(39(27,34-12-3)35-13-4)18-16-22-41(29-7,30-8)31-9/h10-22H2,1-9H3,(H,23,26). The topological polar surface area (TPSA) is 153 Å². The number of hydrogen-bond donors (Lipinski definition) is 1. The number of nitrogens with zero attached hydrogens (tertiary/aromatic N) is 2. The van der Waals surface area contributed by atoms with Crippen LogP contribution < -0.4 is 5.09 Å². The van der Waals surface area contributed by atoms with Crippen LogP contribution in [0, 0.1) is 0 Å². The van der Waals surface area contributed by atoms with Gasteiger partial charge >= 0.3 is 32.0 Å². The van der Waals surface area contributed by atoms with Crippen LogP contribution in [0.3, 0.4) is 0 Å². The van der Waals surface area contributed by atoms with Crippen LogP contribution in [0.15, 0.2) is 0 Å². The minimum Gasteiger partial charge on any atom is -0.377 e. The second kappa shape index (κ2) is 22.0. The molecule has 0 aromatic heterocycles. The zero-order valence-corrected chi connectivity index (χ0v) is 30.0. The third-order valence-corrected chi connectivity index (χ3v) is 14.7. The molecule has 0 heterocycles. The molecule has 0 aromatic rings. The lowest BCUT2D eigenvalue weighted by Gasteiger charge is -2.34. The van der Waals surface area contributed by atoms with Crippen molar-refractivity contribution in [1.29, 1.82) is 0 Å². The summed E-state index contributed by atoms with van der Waals surface area (Å²) in [7, 11) is -9.34. The van der Waals surface area contributed by atoms with Crippen LogP contribution in [-0.2, 0) is 54.1 Å². The molecule has 15 nitrogen and oxygen atoms in total. The zero-order valence-electron chi connectivity index (χ0n) is 26.3. The molecule has 0 fully saturated rings. The number of hydrogen-bond acceptors (Lipinski definition) is 12. The third-order valence-electron chi connectivity index (χ3n) is 5.58. The molecule has 0 amide bonds. The van der Waals surface area contributed by atoms with Gasteiger partial charge in [0, 0.05) is 60.1 Å². The highest BCUT2D eigenvalue weighted by molar-refractivity contribution is 7.52. The fourth-order valence-corrected chi connectivity index (χ4v) is 10.3. The molecule has 0 atom stereocenters. The summed E-state index contributed by atoms with van der Waals surface area (Å²) in [6.07, 6.45) is 0.494. The van der Waals surface area contributed by atoms with Crippen LogP contribution in [0.4, 0.5) is 0 Å². The van der Waals surface area contributed by atoms with Crippen molar-refractivity contribution < 1.29 is 54.1 Å². The summed E-state index contributed by atoms with van der Waals surface area (Å²) in [5.74, 6) is 0. The number of rotatable bonds is 28. The van der Waals surface area contributed by atoms with Crippen LogP contribution in [0.1, 0.15) is 48.0 Å². The molecule has 41 heavy (non-hydrogen) atoms. The van der Waals surface area contributed by atoms with Gasteiger partial charge in [-0.1, -0.05) is 0 Å². The van der Waals surface area contributed by atoms with Crippen molar-refractivity contribution in [2.45, 2.75) is 54.0 Å². The maximum absolute atomic E-state index is 13.8. The quantitative estimate of drug-likeness (QED) is 0.0876. The van der Waals surface area contributed by atoms with Gasteiger partial charge in [-0.25, -0.2) is 28.1 Å². The predicted molar refractivity (Wildman–Crippen MR) is 160 cm³/mol. The van der Waals surface area contributed by atoms with Crippen molar-refractivity contribution in [2.24, 2.45) is 0 Å². The lowest BCUT2D eigenvalue weighted by Crippen LogP contribution is -2.43. The minimum absolute atomic E-state index is 0.0830. The Morgan fingerprint density at radius 2 is 0.927 bits per heavy atom. The van der Waals surface area contributed by atoms with Gasteiger partial charge in [-0.3, -0.25) is 27.1 Å². The van der Waals surface area contributed by atoms with Crippen molar-refractivity contribution in [3.05, 3.63) is 0 Å². The molecule has 0 saturated heterocycles. The van der Waals surface area contributed by atoms with E-state index in [0.717, 1.165) is 0 Å². The summed E-state index contributed by atoms with van der Waals surface area (Å²) in [4.78, 5) is 0. The smallest absolute Gasteiger partial charge is 0.377 e. The van der Waals surface area contributed by atoms with Crippen LogP contribution in [0.2, 0.25) is 6.04 Å². The Balaban J connectivity index is 6.06. The van der Waals surface area contributed by atoms with Crippen molar-refractivity contribution >= 4 is 32.0 Å². The van der Waals surface area contributed by atoms with Crippen LogP contribution >= 0.6 is 23.2 Å². The first-order valence-corrected chi connectivity index (χ1v) is 20.5. The van der Waals surface area contributed by atoms with E-state index in [9.17, 15) is 13.7 Å². The van der Waals surface area contributed by atoms with Gasteiger partial charge in [-0.05, 0) is 48.0 Å². The van der Waals surface area contributed by atoms with Crippen molar-refractivity contribution in [3.8, 4) is 0 Å². The molecular formula is C22H54N3O12P3Si. The van der Waals surface area contributed by atoms with Gasteiger partial charge in [-0.15, -0.1) is 0 Å². The van der Waals surface area contributed by atoms with E-state index >= 15 is 0 Å². The first-order valence-electron chi connectivity index (χ1n) is 14.1. The Morgan fingerprint density at radius 3 is 1.27 bits per heavy atom. The molecular weight excluding hydrogens is 619 g/mol. The van der Waals surface area contributed by atoms with Gasteiger partial charge < -0.3 is 13.3 Å². The van der Waals surface area contributed by atoms with Crippen molar-refractivity contribution in [1.82, 2.24) is 14.4 Å². The van der Waals surface area contributed by atoms with E-state index in [1.54, 1.807) is 46.2 Å². The fraction of sp³-hybridized carbons (Fsp3) is 1.00. The normalized spacial score (nSPS) is 13.5. The van der Waals surface area contributed by atoms with E-state index in [-0.39, 0.29) is 72.4 Å². The summed E-state index contributed by atoms with van der Waals surface area (Å²) in [5, 5.41) is 2.80. The van der Waals surface area contributed by atoms with Gasteiger partial charge in [0.15, 0.2) is 0 Å². The van der Waals surface area contributed by atoms with Gasteiger partial charge in [0.25, 0.3) is 0 Å². The number of nitrogens with one attached hydrogen (secondary N) is 1. The summed E-state index contributed by atoms with van der Waals surface area (Å²) < 4.78 is 93.3. The van der Waals surface area contributed by atoms with Crippen LogP contribution in [0.5, 0.6) is 0 Å². The molecule has 0 aliphatic rings. The predicted octanol–water partition coefficient (Wildman–Crippen LogP) is 4.99. The minimum atomic E-state index is -3.78. The molecule has 1 N–H and O–H groups in total. The molecule has 0 aromatic carbocycles. The molecule has 0 rings (SSSR count). The zero-order chi connectivity index (χ0) is 31.4. The highest BCUT2D eigenvalue weighted by Gasteiger charge is 2.40. The first-order chi connectivity index (χ1) is 19.5. The average molecular weight is 674 g/mol. The fourth-order valence-electron chi connectivity index (χ4n) is 3.82. The van der Waals surface area contributed by atoms with E-state index in [1.165, 1.54) is 26.0 Å². The second-order valence-electron chi connectivity index (χ2n) is 8.16. The second-order valence-corrected chi connectivity index (χ2v) is 17.1. The van der Waals surface area contributed by atoms with Gasteiger partial charge in [0.05, 0.1) is 39.6 Å². The summed E-state index contributed by atoms with van der Waals surface area (Å²) >= 11 is 0. The lowest BCUT2D eigenvalue weighted by molar-refractivity contribution is 0.120. The largest absolute Gasteiger partial charge is 0.500 e. The lowest BCUT2D eigenvalue weighted by atomic mass is 10.4. The summed E-state index contributed by atoms with van der Waals surface area (Å²) in [5.41, 5.74) is 0. The monoisotopic (exact) mass is 673 g/mol. The van der Waals surface area contributed by atoms with Crippen molar-refractivity contribution in [3.63, 3.8) is 0 Å². The third kappa shape index (κ3) is 14.4. The van der Waals surface area contributed by atoms with Gasteiger partial charge in [-0.2, -0.15) is 0 Å². The molecule has 0 radical (unpaired) electrons. The van der Waals surface area contributed by atoms with E-state index < -0.39 is 32.0 Å². The van der Waals surface area contributed by atoms with E-state index in [1.807, 2.05) is 0 Å². The SMILES string of the molecule is CCOP(=O)(NCCN(CCN(CCC[Si](OC)(OC)OC)P(=O)(OCC)OCC)P(=O)(OCC)OCC)OCC. The Kier molecular flexibility index (Phi) is 22.2. The van der Waals surface area contributed by atoms with Gasteiger partial charge in [0.1, 0.15) is 0 Å². The van der Waals surface area contributed by atoms with E-state index in [0.29, 0.717) is 12.5 Å². The molecule has 0 bridgehead atoms. The molecule has 0 aliphatic heterocycles. The molecule has 0 unspecified atom stereocenters. The maximum atomic E-state index is 13.8. The maximum Gasteiger partial charge on any atom is 0.500 e. The Morgan fingerprint density at radius 1 is 0.561 bits per heavy atom. The Hall–Kier alpha value is 0.427. The molecule has 0 aliphatic carbocycles. The highest BCUT2D eigenvalue weighted by atomic mass is 31.2. The van der Waals surface area contributed by atoms with Crippen LogP contribution in [-0.4, -0.2) is 112 Å². The van der Waals surface area contributed by atoms with E-state index in [2.05, 4.69) is 5.09 Å². The van der Waals surface area contributed by atoms with E-state index in [4.69, 9.17) is 40.4 Å². The molecule has 0 saturated carbocycles. The molecule has 248 valence electrons. The average Bonchev–Trinajstić information content (AvgIpc) is 2.92. The summed E-state index contributed by atoms with van der Waals surface area (Å²) in [6, 6.07) is 0.458. The Labute approximate surface area is 248 Å². The molecule has 0 spiro atoms. The first kappa shape index (κ1) is 41.4. The van der Waals surface area contributed by atoms with Crippen molar-refractivity contribution in [2.75, 3.05) is 93.7 Å². The Bertz CT molecular complexity index is 790. The summed E-state index contributed by atoms with van der Waals surface area (Å²) in [6.45, 7) is 11.9. The highest BCUT2D eigenvalue weighted by Crippen LogP contribution is 2.54.